The minimum absolute atomic E-state index is 0.0118. The van der Waals surface area contributed by atoms with Crippen molar-refractivity contribution in [2.75, 3.05) is 0 Å². The van der Waals surface area contributed by atoms with Gasteiger partial charge in [-0.05, 0) is 37.0 Å². The number of halogens is 1. The van der Waals surface area contributed by atoms with Crippen molar-refractivity contribution in [3.05, 3.63) is 28.5 Å². The first kappa shape index (κ1) is 14.5. The first-order valence-electron chi connectivity index (χ1n) is 6.94. The van der Waals surface area contributed by atoms with Crippen LogP contribution in [0.2, 0.25) is 0 Å². The molecule has 2 aromatic rings. The minimum atomic E-state index is 0.0118. The summed E-state index contributed by atoms with van der Waals surface area (Å²) in [5.74, 6) is 1.60. The number of hydrogen-bond donors (Lipinski definition) is 1. The van der Waals surface area contributed by atoms with E-state index >= 15 is 0 Å². The molecule has 0 aliphatic heterocycles. The number of benzene rings is 1. The Morgan fingerprint density at radius 3 is 2.74 bits per heavy atom. The summed E-state index contributed by atoms with van der Waals surface area (Å²) in [5, 5.41) is 0. The van der Waals surface area contributed by atoms with Crippen molar-refractivity contribution in [1.29, 1.82) is 0 Å². The van der Waals surface area contributed by atoms with E-state index in [0.29, 0.717) is 5.92 Å². The molecule has 0 saturated heterocycles. The Labute approximate surface area is 123 Å². The van der Waals surface area contributed by atoms with Gasteiger partial charge in [0.05, 0.1) is 17.1 Å². The fourth-order valence-corrected chi connectivity index (χ4v) is 2.83. The number of imidazole rings is 1. The average molecular weight is 324 g/mol. The van der Waals surface area contributed by atoms with Gasteiger partial charge in [-0.2, -0.15) is 0 Å². The monoisotopic (exact) mass is 323 g/mol. The largest absolute Gasteiger partial charge is 0.327 e. The van der Waals surface area contributed by atoms with Gasteiger partial charge in [0.2, 0.25) is 0 Å². The van der Waals surface area contributed by atoms with E-state index in [2.05, 4.69) is 59.5 Å². The lowest BCUT2D eigenvalue weighted by Gasteiger charge is -2.16. The molecular formula is C15H22BrN3. The third-order valence-corrected chi connectivity index (χ3v) is 3.74. The summed E-state index contributed by atoms with van der Waals surface area (Å²) in [6.45, 7) is 7.55. The predicted octanol–water partition coefficient (Wildman–Crippen LogP) is 4.25. The van der Waals surface area contributed by atoms with Crippen molar-refractivity contribution < 1.29 is 0 Å². The van der Waals surface area contributed by atoms with Crippen LogP contribution in [-0.2, 0) is 6.54 Å². The molecule has 0 fully saturated rings. The van der Waals surface area contributed by atoms with E-state index in [9.17, 15) is 0 Å². The van der Waals surface area contributed by atoms with Crippen molar-refractivity contribution >= 4 is 27.0 Å². The highest BCUT2D eigenvalue weighted by Gasteiger charge is 2.17. The molecule has 1 aromatic heterocycles. The number of nitrogens with two attached hydrogens (primary N) is 1. The number of hydrogen-bond acceptors (Lipinski definition) is 2. The number of rotatable bonds is 5. The van der Waals surface area contributed by atoms with Crippen LogP contribution in [0.25, 0.3) is 11.0 Å². The molecular weight excluding hydrogens is 302 g/mol. The van der Waals surface area contributed by atoms with Crippen molar-refractivity contribution in [2.45, 2.75) is 46.2 Å². The fourth-order valence-electron chi connectivity index (χ4n) is 2.48. The number of nitrogens with zero attached hydrogens (tertiary/aromatic N) is 2. The summed E-state index contributed by atoms with van der Waals surface area (Å²) >= 11 is 3.50. The van der Waals surface area contributed by atoms with Crippen LogP contribution in [0.3, 0.4) is 0 Å². The minimum Gasteiger partial charge on any atom is -0.327 e. The number of aromatic nitrogens is 2. The maximum absolute atomic E-state index is 6.33. The normalized spacial score (nSPS) is 13.4. The SMILES string of the molecule is CCCn1c(C(N)CC(C)C)nc2cc(Br)ccc21. The van der Waals surface area contributed by atoms with Gasteiger partial charge in [-0.3, -0.25) is 0 Å². The van der Waals surface area contributed by atoms with Crippen LogP contribution < -0.4 is 5.73 Å². The summed E-state index contributed by atoms with van der Waals surface area (Å²) in [7, 11) is 0. The molecule has 0 bridgehead atoms. The van der Waals surface area contributed by atoms with E-state index in [-0.39, 0.29) is 6.04 Å². The molecule has 0 amide bonds. The first-order valence-corrected chi connectivity index (χ1v) is 7.73. The van der Waals surface area contributed by atoms with Crippen LogP contribution in [0.4, 0.5) is 0 Å². The van der Waals surface area contributed by atoms with Crippen LogP contribution >= 0.6 is 15.9 Å². The summed E-state index contributed by atoms with van der Waals surface area (Å²) in [6.07, 6.45) is 2.05. The van der Waals surface area contributed by atoms with Gasteiger partial charge in [0, 0.05) is 11.0 Å². The molecule has 19 heavy (non-hydrogen) atoms. The van der Waals surface area contributed by atoms with E-state index in [1.165, 1.54) is 5.52 Å². The zero-order valence-electron chi connectivity index (χ0n) is 11.9. The summed E-state index contributed by atoms with van der Waals surface area (Å²) in [4.78, 5) is 4.75. The quantitative estimate of drug-likeness (QED) is 0.893. The molecule has 1 aromatic carbocycles. The molecule has 0 saturated carbocycles. The molecule has 3 nitrogen and oxygen atoms in total. The van der Waals surface area contributed by atoms with Crippen LogP contribution in [0, 0.1) is 5.92 Å². The molecule has 0 spiro atoms. The Bertz CT molecular complexity index is 560. The molecule has 4 heteroatoms. The van der Waals surface area contributed by atoms with Crippen LogP contribution in [0.5, 0.6) is 0 Å². The molecule has 2 rings (SSSR count). The molecule has 0 aliphatic rings. The van der Waals surface area contributed by atoms with Crippen LogP contribution in [-0.4, -0.2) is 9.55 Å². The number of fused-ring (bicyclic) bond motifs is 1. The Kier molecular flexibility index (Phi) is 4.63. The summed E-state index contributed by atoms with van der Waals surface area (Å²) in [6, 6.07) is 6.26. The van der Waals surface area contributed by atoms with E-state index in [4.69, 9.17) is 10.7 Å². The smallest absolute Gasteiger partial charge is 0.126 e. The molecule has 1 unspecified atom stereocenters. The standard InChI is InChI=1S/C15H22BrN3/c1-4-7-19-14-6-5-11(16)9-13(14)18-15(19)12(17)8-10(2)3/h5-6,9-10,12H,4,7-8,17H2,1-3H3. The second-order valence-electron chi connectivity index (χ2n) is 5.49. The lowest BCUT2D eigenvalue weighted by atomic mass is 10.0. The molecule has 2 N–H and O–H groups in total. The zero-order chi connectivity index (χ0) is 14.0. The average Bonchev–Trinajstić information content (AvgIpc) is 2.67. The van der Waals surface area contributed by atoms with Gasteiger partial charge in [-0.25, -0.2) is 4.98 Å². The number of aryl methyl sites for hydroxylation is 1. The Hall–Kier alpha value is -0.870. The van der Waals surface area contributed by atoms with Crippen molar-refractivity contribution in [3.63, 3.8) is 0 Å². The van der Waals surface area contributed by atoms with Gasteiger partial charge in [0.1, 0.15) is 5.82 Å². The molecule has 0 radical (unpaired) electrons. The maximum atomic E-state index is 6.33. The Morgan fingerprint density at radius 1 is 1.37 bits per heavy atom. The van der Waals surface area contributed by atoms with Crippen molar-refractivity contribution in [3.8, 4) is 0 Å². The molecule has 0 aliphatic carbocycles. The Balaban J connectivity index is 2.49. The third-order valence-electron chi connectivity index (χ3n) is 3.24. The highest BCUT2D eigenvalue weighted by molar-refractivity contribution is 9.10. The lowest BCUT2D eigenvalue weighted by molar-refractivity contribution is 0.475. The third kappa shape index (κ3) is 3.18. The fraction of sp³-hybridized carbons (Fsp3) is 0.533. The van der Waals surface area contributed by atoms with Gasteiger partial charge >= 0.3 is 0 Å². The van der Waals surface area contributed by atoms with Gasteiger partial charge in [-0.15, -0.1) is 0 Å². The van der Waals surface area contributed by atoms with Gasteiger partial charge in [0.15, 0.2) is 0 Å². The summed E-state index contributed by atoms with van der Waals surface area (Å²) in [5.41, 5.74) is 8.54. The molecule has 1 atom stereocenters. The first-order chi connectivity index (χ1) is 9.02. The van der Waals surface area contributed by atoms with Crippen LogP contribution in [0.1, 0.15) is 45.5 Å². The topological polar surface area (TPSA) is 43.8 Å². The zero-order valence-corrected chi connectivity index (χ0v) is 13.4. The Morgan fingerprint density at radius 2 is 2.11 bits per heavy atom. The van der Waals surface area contributed by atoms with Crippen molar-refractivity contribution in [1.82, 2.24) is 9.55 Å². The highest BCUT2D eigenvalue weighted by atomic mass is 79.9. The van der Waals surface area contributed by atoms with E-state index < -0.39 is 0 Å². The molecule has 104 valence electrons. The van der Waals surface area contributed by atoms with Gasteiger partial charge < -0.3 is 10.3 Å². The van der Waals surface area contributed by atoms with Gasteiger partial charge in [-0.1, -0.05) is 36.7 Å². The van der Waals surface area contributed by atoms with Crippen molar-refractivity contribution in [2.24, 2.45) is 11.7 Å². The summed E-state index contributed by atoms with van der Waals surface area (Å²) < 4.78 is 3.33. The van der Waals surface area contributed by atoms with Crippen LogP contribution in [0.15, 0.2) is 22.7 Å². The lowest BCUT2D eigenvalue weighted by Crippen LogP contribution is -2.18. The maximum Gasteiger partial charge on any atom is 0.126 e. The van der Waals surface area contributed by atoms with Gasteiger partial charge in [0.25, 0.3) is 0 Å². The molecule has 1 heterocycles. The highest BCUT2D eigenvalue weighted by Crippen LogP contribution is 2.26. The van der Waals surface area contributed by atoms with E-state index in [0.717, 1.165) is 35.2 Å². The second-order valence-corrected chi connectivity index (χ2v) is 6.41. The van der Waals surface area contributed by atoms with E-state index in [1.54, 1.807) is 0 Å². The van der Waals surface area contributed by atoms with E-state index in [1.807, 2.05) is 0 Å². The predicted molar refractivity (Wildman–Crippen MR) is 84.1 cm³/mol. The second kappa shape index (κ2) is 6.06.